The van der Waals surface area contributed by atoms with Crippen molar-refractivity contribution in [2.45, 2.75) is 57.4 Å². The number of nitrogens with zero attached hydrogens (tertiary/aromatic N) is 3. The molecular formula is C15H23N5O. The van der Waals surface area contributed by atoms with Gasteiger partial charge >= 0.3 is 0 Å². The minimum atomic E-state index is -0.0954. The first-order valence-corrected chi connectivity index (χ1v) is 8.02. The highest BCUT2D eigenvalue weighted by Gasteiger charge is 2.30. The number of hydrogen-bond donors (Lipinski definition) is 2. The average Bonchev–Trinajstić information content (AvgIpc) is 3.19. The molecule has 0 aliphatic heterocycles. The van der Waals surface area contributed by atoms with E-state index in [2.05, 4.69) is 38.1 Å². The molecule has 0 aromatic carbocycles. The second-order valence-electron chi connectivity index (χ2n) is 6.18. The average molecular weight is 289 g/mol. The van der Waals surface area contributed by atoms with Gasteiger partial charge in [0, 0.05) is 6.42 Å². The fraction of sp³-hybridized carbons (Fsp3) is 0.733. The standard InChI is InChI=1S/C15H23N5O/c21-13(10-11-6-4-5-7-11)16-14(15-17-19-20-18-15)12-8-2-1-3-9-12/h4,6,11-12,14H,1-3,5,7-10H2,(H,16,21)(H,17,18,19,20). The summed E-state index contributed by atoms with van der Waals surface area (Å²) in [5.41, 5.74) is 0. The Morgan fingerprint density at radius 1 is 1.33 bits per heavy atom. The highest BCUT2D eigenvalue weighted by molar-refractivity contribution is 5.76. The van der Waals surface area contributed by atoms with Gasteiger partial charge in [-0.2, -0.15) is 5.21 Å². The second kappa shape index (κ2) is 6.83. The summed E-state index contributed by atoms with van der Waals surface area (Å²) < 4.78 is 0. The second-order valence-corrected chi connectivity index (χ2v) is 6.18. The molecule has 3 rings (SSSR count). The lowest BCUT2D eigenvalue weighted by molar-refractivity contribution is -0.123. The van der Waals surface area contributed by atoms with Crippen molar-refractivity contribution in [3.8, 4) is 0 Å². The lowest BCUT2D eigenvalue weighted by Crippen LogP contribution is -2.35. The molecule has 1 amide bonds. The molecule has 6 heteroatoms. The van der Waals surface area contributed by atoms with Crippen LogP contribution in [-0.2, 0) is 4.79 Å². The molecule has 1 saturated carbocycles. The maximum absolute atomic E-state index is 12.3. The lowest BCUT2D eigenvalue weighted by atomic mass is 9.83. The van der Waals surface area contributed by atoms with Gasteiger partial charge in [-0.1, -0.05) is 36.6 Å². The van der Waals surface area contributed by atoms with Gasteiger partial charge in [0.1, 0.15) is 0 Å². The Kier molecular flexibility index (Phi) is 4.62. The maximum atomic E-state index is 12.3. The Labute approximate surface area is 124 Å². The molecule has 6 nitrogen and oxygen atoms in total. The van der Waals surface area contributed by atoms with E-state index in [4.69, 9.17) is 0 Å². The monoisotopic (exact) mass is 289 g/mol. The quantitative estimate of drug-likeness (QED) is 0.815. The summed E-state index contributed by atoms with van der Waals surface area (Å²) in [6.45, 7) is 0. The van der Waals surface area contributed by atoms with Gasteiger partial charge in [-0.25, -0.2) is 0 Å². The molecule has 0 saturated heterocycles. The van der Waals surface area contributed by atoms with Crippen LogP contribution in [0.25, 0.3) is 0 Å². The third kappa shape index (κ3) is 3.68. The number of tetrazole rings is 1. The number of aromatic nitrogens is 4. The van der Waals surface area contributed by atoms with Gasteiger partial charge in [-0.3, -0.25) is 4.79 Å². The molecule has 21 heavy (non-hydrogen) atoms. The smallest absolute Gasteiger partial charge is 0.221 e. The number of carbonyl (C=O) groups excluding carboxylic acids is 1. The van der Waals surface area contributed by atoms with E-state index in [0.29, 0.717) is 24.1 Å². The molecule has 0 spiro atoms. The topological polar surface area (TPSA) is 83.6 Å². The fourth-order valence-electron chi connectivity index (χ4n) is 3.50. The predicted octanol–water partition coefficient (Wildman–Crippen LogP) is 2.29. The molecule has 1 heterocycles. The Bertz CT molecular complexity index is 478. The van der Waals surface area contributed by atoms with Crippen LogP contribution in [0, 0.1) is 11.8 Å². The summed E-state index contributed by atoms with van der Waals surface area (Å²) in [6.07, 6.45) is 13.1. The number of rotatable bonds is 5. The van der Waals surface area contributed by atoms with Gasteiger partial charge in [-0.05, 0) is 37.5 Å². The molecule has 2 N–H and O–H groups in total. The predicted molar refractivity (Wildman–Crippen MR) is 78.1 cm³/mol. The summed E-state index contributed by atoms with van der Waals surface area (Å²) in [6, 6.07) is -0.0954. The molecule has 1 aromatic heterocycles. The Morgan fingerprint density at radius 2 is 2.19 bits per heavy atom. The number of hydrogen-bond acceptors (Lipinski definition) is 4. The zero-order valence-electron chi connectivity index (χ0n) is 12.3. The molecule has 2 unspecified atom stereocenters. The third-order valence-corrected chi connectivity index (χ3v) is 4.64. The van der Waals surface area contributed by atoms with E-state index in [-0.39, 0.29) is 11.9 Å². The van der Waals surface area contributed by atoms with Crippen molar-refractivity contribution in [3.63, 3.8) is 0 Å². The van der Waals surface area contributed by atoms with Gasteiger partial charge in [0.05, 0.1) is 6.04 Å². The first-order chi connectivity index (χ1) is 10.3. The zero-order chi connectivity index (χ0) is 14.5. The molecular weight excluding hydrogens is 266 g/mol. The number of carbonyl (C=O) groups is 1. The molecule has 2 aliphatic carbocycles. The van der Waals surface area contributed by atoms with Crippen molar-refractivity contribution < 1.29 is 4.79 Å². The van der Waals surface area contributed by atoms with E-state index in [1.807, 2.05) is 0 Å². The first-order valence-electron chi connectivity index (χ1n) is 8.02. The van der Waals surface area contributed by atoms with Crippen LogP contribution in [0.3, 0.4) is 0 Å². The van der Waals surface area contributed by atoms with Crippen molar-refractivity contribution in [3.05, 3.63) is 18.0 Å². The van der Waals surface area contributed by atoms with Gasteiger partial charge in [0.2, 0.25) is 5.91 Å². The molecule has 114 valence electrons. The van der Waals surface area contributed by atoms with E-state index in [0.717, 1.165) is 25.7 Å². The zero-order valence-corrected chi connectivity index (χ0v) is 12.3. The largest absolute Gasteiger partial charge is 0.346 e. The summed E-state index contributed by atoms with van der Waals surface area (Å²) >= 11 is 0. The molecule has 0 radical (unpaired) electrons. The summed E-state index contributed by atoms with van der Waals surface area (Å²) in [4.78, 5) is 12.3. The minimum Gasteiger partial charge on any atom is -0.346 e. The number of amides is 1. The first kappa shape index (κ1) is 14.2. The highest BCUT2D eigenvalue weighted by atomic mass is 16.1. The SMILES string of the molecule is O=C(CC1C=CCC1)NC(c1nn[nH]n1)C1CCCCC1. The van der Waals surface area contributed by atoms with Crippen molar-refractivity contribution in [1.29, 1.82) is 0 Å². The summed E-state index contributed by atoms with van der Waals surface area (Å²) in [5.74, 6) is 1.55. The van der Waals surface area contributed by atoms with Crippen LogP contribution in [0.15, 0.2) is 12.2 Å². The van der Waals surface area contributed by atoms with E-state index in [1.165, 1.54) is 19.3 Å². The van der Waals surface area contributed by atoms with E-state index < -0.39 is 0 Å². The Morgan fingerprint density at radius 3 is 2.86 bits per heavy atom. The molecule has 2 aliphatic rings. The van der Waals surface area contributed by atoms with Crippen LogP contribution in [0.5, 0.6) is 0 Å². The fourth-order valence-corrected chi connectivity index (χ4v) is 3.50. The highest BCUT2D eigenvalue weighted by Crippen LogP contribution is 2.33. The number of nitrogens with one attached hydrogen (secondary N) is 2. The molecule has 2 atom stereocenters. The summed E-state index contributed by atoms with van der Waals surface area (Å²) in [7, 11) is 0. The molecule has 1 fully saturated rings. The van der Waals surface area contributed by atoms with Gasteiger partial charge < -0.3 is 5.32 Å². The van der Waals surface area contributed by atoms with Crippen LogP contribution < -0.4 is 5.32 Å². The van der Waals surface area contributed by atoms with Crippen LogP contribution in [0.2, 0.25) is 0 Å². The Balaban J connectivity index is 1.63. The molecule has 0 bridgehead atoms. The van der Waals surface area contributed by atoms with Crippen molar-refractivity contribution >= 4 is 5.91 Å². The number of H-pyrrole nitrogens is 1. The van der Waals surface area contributed by atoms with Gasteiger partial charge in [-0.15, -0.1) is 10.2 Å². The van der Waals surface area contributed by atoms with Crippen LogP contribution in [0.4, 0.5) is 0 Å². The normalized spacial score (nSPS) is 24.1. The number of allylic oxidation sites excluding steroid dienone is 2. The van der Waals surface area contributed by atoms with Crippen LogP contribution in [0.1, 0.15) is 63.2 Å². The summed E-state index contributed by atoms with van der Waals surface area (Å²) in [5, 5.41) is 17.5. The maximum Gasteiger partial charge on any atom is 0.221 e. The van der Waals surface area contributed by atoms with Crippen LogP contribution >= 0.6 is 0 Å². The van der Waals surface area contributed by atoms with Crippen molar-refractivity contribution in [2.24, 2.45) is 11.8 Å². The van der Waals surface area contributed by atoms with Gasteiger partial charge in [0.25, 0.3) is 0 Å². The van der Waals surface area contributed by atoms with Crippen molar-refractivity contribution in [1.82, 2.24) is 25.9 Å². The van der Waals surface area contributed by atoms with E-state index >= 15 is 0 Å². The Hall–Kier alpha value is -1.72. The van der Waals surface area contributed by atoms with Gasteiger partial charge in [0.15, 0.2) is 5.82 Å². The lowest BCUT2D eigenvalue weighted by Gasteiger charge is -2.29. The van der Waals surface area contributed by atoms with E-state index in [1.54, 1.807) is 0 Å². The van der Waals surface area contributed by atoms with Crippen LogP contribution in [-0.4, -0.2) is 26.5 Å². The van der Waals surface area contributed by atoms with E-state index in [9.17, 15) is 4.79 Å². The third-order valence-electron chi connectivity index (χ3n) is 4.64. The molecule has 1 aromatic rings. The minimum absolute atomic E-state index is 0.0954. The number of aromatic amines is 1. The van der Waals surface area contributed by atoms with Crippen molar-refractivity contribution in [2.75, 3.05) is 0 Å².